The minimum absolute atomic E-state index is 0.0542. The largest absolute Gasteiger partial charge is 0.469 e. The first kappa shape index (κ1) is 143. The van der Waals surface area contributed by atoms with Gasteiger partial charge in [-0.3, -0.25) is 47.9 Å². The molecule has 0 saturated carbocycles. The maximum atomic E-state index is 11.9. The number of methoxy groups -OCH3 is 1. The van der Waals surface area contributed by atoms with Crippen molar-refractivity contribution in [3.63, 3.8) is 0 Å². The molecule has 4 unspecified atom stereocenters. The molecule has 0 aliphatic rings. The second kappa shape index (κ2) is 85.9. The first-order valence-corrected chi connectivity index (χ1v) is 51.3. The van der Waals surface area contributed by atoms with Gasteiger partial charge in [-0.05, 0) is 230 Å². The van der Waals surface area contributed by atoms with Crippen LogP contribution in [0.25, 0.3) is 0 Å². The van der Waals surface area contributed by atoms with Gasteiger partial charge in [0.05, 0.1) is 122 Å². The van der Waals surface area contributed by atoms with E-state index in [4.69, 9.17) is 85.9 Å². The maximum Gasteiger partial charge on any atom is 0.407 e. The lowest BCUT2D eigenvalue weighted by atomic mass is 9.91. The second-order valence-electron chi connectivity index (χ2n) is 38.3. The van der Waals surface area contributed by atoms with Gasteiger partial charge in [0, 0.05) is 36.0 Å². The van der Waals surface area contributed by atoms with Crippen molar-refractivity contribution in [1.82, 2.24) is 16.0 Å². The fourth-order valence-corrected chi connectivity index (χ4v) is 11.1. The minimum atomic E-state index is -0.582. The monoisotopic (exact) mass is 2050 g/mol. The number of carbonyl (C=O) groups excluding carboxylic acids is 18. The molecule has 4 atom stereocenters. The van der Waals surface area contributed by atoms with Crippen LogP contribution in [0.3, 0.4) is 0 Å². The number of amides is 4. The number of nitrogens with one attached hydrogen (secondary N) is 4. The Labute approximate surface area is 856 Å². The fourth-order valence-electron chi connectivity index (χ4n) is 10.0. The highest BCUT2D eigenvalue weighted by molar-refractivity contribution is 7.99. The first-order chi connectivity index (χ1) is 67.1. The van der Waals surface area contributed by atoms with E-state index in [2.05, 4.69) is 49.0 Å². The molecule has 5 N–H and O–H groups in total. The Kier molecular flexibility index (Phi) is 86.0. The molecule has 36 nitrogen and oxygen atoms in total. The van der Waals surface area contributed by atoms with Crippen LogP contribution < -0.4 is 21.3 Å². The van der Waals surface area contributed by atoms with E-state index in [9.17, 15) is 67.1 Å². The SMILES string of the molecule is CCC(C)(C)C(=O)OCC(C)COC(=O)CCSCC(C)(C)C(=O)OC.CCC(C)(C)C(=O)OCC(C)O.CCC(C)(C)C(=O)OCCNC(=O)Nc1ccccc1.CCC(C)(C)C(=O)OCCOC(=O)c1ccccc1.CCCCC(CC)COC(=O)CCCCCOC(=O)NCCOC(=O)C(C)(C)CC.CCCCC(CC)COC(=O)CCCCCOC(=O)NCCOC(=O)C(C)(C)CC.O=C=O.O=C=O. The van der Waals surface area contributed by atoms with E-state index >= 15 is 0 Å². The number of para-hydroxylation sites is 1. The number of unbranched alkanes of at least 4 members (excludes halogenated alkanes) is 6. The lowest BCUT2D eigenvalue weighted by Crippen LogP contribution is -2.33. The summed E-state index contributed by atoms with van der Waals surface area (Å²) in [6, 6.07) is 17.5. The van der Waals surface area contributed by atoms with Crippen molar-refractivity contribution >= 4 is 114 Å². The number of anilines is 1. The normalized spacial score (nSPS) is 11.7. The Morgan fingerprint density at radius 1 is 0.350 bits per heavy atom. The molecular formula is C106H180N4O32S. The molecule has 0 saturated heterocycles. The van der Waals surface area contributed by atoms with Crippen LogP contribution in [0.4, 0.5) is 20.1 Å². The molecule has 0 heterocycles. The summed E-state index contributed by atoms with van der Waals surface area (Å²) in [5.74, 6) is -0.784. The third-order valence-electron chi connectivity index (χ3n) is 22.7. The van der Waals surface area contributed by atoms with E-state index in [1.54, 1.807) is 43.3 Å². The average molecular weight is 2050 g/mol. The van der Waals surface area contributed by atoms with Gasteiger partial charge in [0.1, 0.15) is 39.6 Å². The summed E-state index contributed by atoms with van der Waals surface area (Å²) < 4.78 is 66.4. The van der Waals surface area contributed by atoms with Gasteiger partial charge in [-0.25, -0.2) is 19.2 Å². The Hall–Kier alpha value is -10.5. The van der Waals surface area contributed by atoms with Crippen molar-refractivity contribution < 1.29 is 153 Å². The molecule has 0 aromatic heterocycles. The standard InChI is InChI=1S/2C23H43NO6.C19H34O6S.C15H22N2O3.C15H20O4.C9H18O3.2CO2/c2*1-6-9-13-19(7-2)18-30-20(25)14-11-10-12-16-29-22(27)24-15-17-28-21(26)23(4,5)8-3;1-8-18(3,4)17(22)25-12-14(2)11-24-15(20)9-10-26-13-19(5,6)16(21)23-7;1-4-15(2,3)13(18)20-11-10-16-14(19)17-12-8-6-5-7-9-12;1-4-15(2,3)14(17)19-11-10-18-13(16)12-8-6-5-7-9-12;1-5-9(3,4)8(11)12-6-7(2)10;2*2-1-3/h2*19H,6-18H2,1-5H3,(H,24,27);14H,8-13H2,1-7H3;5-9H,4,10-11H2,1-3H3,(H2,16,17,19);5-9H,4,10-11H2,1-3H3;7,10H,5-6H2,1-4H3;;. The molecule has 2 rings (SSSR count). The van der Waals surface area contributed by atoms with Crippen LogP contribution in [0.2, 0.25) is 0 Å². The van der Waals surface area contributed by atoms with Crippen molar-refractivity contribution in [2.24, 2.45) is 55.7 Å². The van der Waals surface area contributed by atoms with Crippen LogP contribution in [-0.4, -0.2) is 225 Å². The summed E-state index contributed by atoms with van der Waals surface area (Å²) in [5, 5.41) is 19.3. The molecule has 0 spiro atoms. The van der Waals surface area contributed by atoms with E-state index in [1.807, 2.05) is 170 Å². The number of alkyl carbamates (subject to hydrolysis) is 2. The maximum absolute atomic E-state index is 11.9. The third-order valence-corrected chi connectivity index (χ3v) is 24.2. The van der Waals surface area contributed by atoms with Crippen LogP contribution in [0.15, 0.2) is 60.7 Å². The van der Waals surface area contributed by atoms with E-state index < -0.39 is 62.2 Å². The quantitative estimate of drug-likeness (QED) is 0.0233. The van der Waals surface area contributed by atoms with Crippen molar-refractivity contribution in [3.8, 4) is 0 Å². The minimum Gasteiger partial charge on any atom is -0.469 e. The topological polar surface area (TPSA) is 496 Å². The van der Waals surface area contributed by atoms with Crippen molar-refractivity contribution in [1.29, 1.82) is 0 Å². The number of hydrogen-bond donors (Lipinski definition) is 5. The van der Waals surface area contributed by atoms with Gasteiger partial charge in [0.2, 0.25) is 0 Å². The van der Waals surface area contributed by atoms with Crippen molar-refractivity contribution in [2.75, 3.05) is 123 Å². The van der Waals surface area contributed by atoms with Crippen LogP contribution in [0, 0.1) is 55.7 Å². The molecule has 0 aliphatic heterocycles. The summed E-state index contributed by atoms with van der Waals surface area (Å²) in [7, 11) is 1.37. The molecule has 0 radical (unpaired) electrons. The molecule has 2 aromatic rings. The molecular weight excluding hydrogens is 1870 g/mol. The Morgan fingerprint density at radius 2 is 0.671 bits per heavy atom. The number of rotatable bonds is 62. The van der Waals surface area contributed by atoms with Crippen molar-refractivity contribution in [3.05, 3.63) is 66.2 Å². The number of aliphatic hydroxyl groups excluding tert-OH is 1. The number of carbonyl (C=O) groups is 14. The average Bonchev–Trinajstić information content (AvgIpc) is 0.925. The summed E-state index contributed by atoms with van der Waals surface area (Å²) in [6.07, 6.45) is 17.5. The van der Waals surface area contributed by atoms with Crippen LogP contribution >= 0.6 is 11.8 Å². The van der Waals surface area contributed by atoms with Crippen LogP contribution in [0.1, 0.15) is 338 Å². The lowest BCUT2D eigenvalue weighted by molar-refractivity contribution is -0.193. The van der Waals surface area contributed by atoms with Gasteiger partial charge >= 0.3 is 96.2 Å². The predicted octanol–water partition coefficient (Wildman–Crippen LogP) is 19.3. The lowest BCUT2D eigenvalue weighted by Gasteiger charge is -2.22. The Balaban J connectivity index is -0.000000396. The van der Waals surface area contributed by atoms with Gasteiger partial charge in [0.25, 0.3) is 0 Å². The summed E-state index contributed by atoms with van der Waals surface area (Å²) in [4.78, 5) is 196. The van der Waals surface area contributed by atoms with Crippen LogP contribution in [0.5, 0.6) is 0 Å². The van der Waals surface area contributed by atoms with E-state index in [1.165, 1.54) is 31.7 Å². The summed E-state index contributed by atoms with van der Waals surface area (Å²) in [6.45, 7) is 52.7. The molecule has 0 fully saturated rings. The predicted molar refractivity (Wildman–Crippen MR) is 544 cm³/mol. The fraction of sp³-hybridized carbons (Fsp3) is 0.736. The van der Waals surface area contributed by atoms with E-state index in [0.717, 1.165) is 70.6 Å². The third kappa shape index (κ3) is 79.5. The van der Waals surface area contributed by atoms with Gasteiger partial charge in [-0.15, -0.1) is 0 Å². The molecule has 822 valence electrons. The van der Waals surface area contributed by atoms with Gasteiger partial charge < -0.3 is 88.0 Å². The number of esters is 11. The second-order valence-corrected chi connectivity index (χ2v) is 39.4. The number of ether oxygens (including phenoxy) is 13. The number of urea groups is 1. The van der Waals surface area contributed by atoms with E-state index in [0.29, 0.717) is 119 Å². The Bertz CT molecular complexity index is 3780. The molecule has 143 heavy (non-hydrogen) atoms. The molecule has 0 bridgehead atoms. The molecule has 2 aromatic carbocycles. The van der Waals surface area contributed by atoms with Gasteiger partial charge in [-0.1, -0.05) is 151 Å². The first-order valence-electron chi connectivity index (χ1n) is 50.1. The van der Waals surface area contributed by atoms with E-state index in [-0.39, 0.29) is 163 Å². The molecule has 37 heteroatoms. The zero-order chi connectivity index (χ0) is 111. The van der Waals surface area contributed by atoms with Crippen molar-refractivity contribution in [2.45, 2.75) is 334 Å². The zero-order valence-corrected chi connectivity index (χ0v) is 92.2. The highest BCUT2D eigenvalue weighted by Crippen LogP contribution is 2.28. The number of benzene rings is 2. The number of aliphatic hydroxyl groups is 1. The van der Waals surface area contributed by atoms with Gasteiger partial charge in [0.15, 0.2) is 0 Å². The highest BCUT2D eigenvalue weighted by Gasteiger charge is 2.33. The Morgan fingerprint density at radius 3 is 1.02 bits per heavy atom. The number of hydrogen-bond acceptors (Lipinski definition) is 33. The summed E-state index contributed by atoms with van der Waals surface area (Å²) in [5.41, 5.74) is -2.30. The summed E-state index contributed by atoms with van der Waals surface area (Å²) >= 11 is 1.51. The zero-order valence-electron chi connectivity index (χ0n) is 91.4. The highest BCUT2D eigenvalue weighted by atomic mass is 32.2. The smallest absolute Gasteiger partial charge is 0.407 e. The molecule has 0 aliphatic carbocycles. The molecule has 4 amide bonds. The van der Waals surface area contributed by atoms with Crippen LogP contribution in [-0.2, 0) is 129 Å². The van der Waals surface area contributed by atoms with Gasteiger partial charge in [-0.2, -0.15) is 30.9 Å². The number of thioether (sulfide) groups is 1.